The van der Waals surface area contributed by atoms with E-state index in [1.165, 1.54) is 0 Å². The Labute approximate surface area is 150 Å². The molecule has 3 heterocycles. The molecule has 1 N–H and O–H groups in total. The molecule has 0 bridgehead atoms. The van der Waals surface area contributed by atoms with Crippen molar-refractivity contribution in [2.75, 3.05) is 19.5 Å². The topological polar surface area (TPSA) is 72.8 Å². The first-order chi connectivity index (χ1) is 12.8. The molecule has 0 unspecified atom stereocenters. The molecule has 6 nitrogen and oxygen atoms in total. The third kappa shape index (κ3) is 2.93. The molecule has 0 amide bonds. The van der Waals surface area contributed by atoms with Crippen molar-refractivity contribution in [2.24, 2.45) is 0 Å². The van der Waals surface area contributed by atoms with Gasteiger partial charge in [-0.05, 0) is 35.9 Å². The fourth-order valence-electron chi connectivity index (χ4n) is 2.81. The van der Waals surface area contributed by atoms with Gasteiger partial charge in [0.05, 0.1) is 18.8 Å². The van der Waals surface area contributed by atoms with Crippen LogP contribution in [-0.4, -0.2) is 34.1 Å². The van der Waals surface area contributed by atoms with E-state index in [9.17, 15) is 0 Å². The predicted octanol–water partition coefficient (Wildman–Crippen LogP) is 3.80. The van der Waals surface area contributed by atoms with Crippen molar-refractivity contribution < 1.29 is 4.74 Å². The van der Waals surface area contributed by atoms with Crippen molar-refractivity contribution >= 4 is 16.7 Å². The summed E-state index contributed by atoms with van der Waals surface area (Å²) >= 11 is 0. The highest BCUT2D eigenvalue weighted by molar-refractivity contribution is 5.93. The Morgan fingerprint density at radius 1 is 0.885 bits per heavy atom. The summed E-state index contributed by atoms with van der Waals surface area (Å²) in [5.74, 6) is 2.14. The Morgan fingerprint density at radius 2 is 1.77 bits per heavy atom. The highest BCUT2D eigenvalue weighted by atomic mass is 16.5. The number of anilines is 1. The predicted molar refractivity (Wildman–Crippen MR) is 102 cm³/mol. The normalized spacial score (nSPS) is 10.7. The number of benzene rings is 1. The number of hydrogen-bond acceptors (Lipinski definition) is 6. The van der Waals surface area contributed by atoms with Crippen LogP contribution in [0.3, 0.4) is 0 Å². The first-order valence-corrected chi connectivity index (χ1v) is 8.18. The molecular formula is C20H17N5O. The van der Waals surface area contributed by atoms with Crippen LogP contribution in [0.15, 0.2) is 61.2 Å². The van der Waals surface area contributed by atoms with Gasteiger partial charge >= 0.3 is 0 Å². The van der Waals surface area contributed by atoms with E-state index in [-0.39, 0.29) is 0 Å². The third-order valence-corrected chi connectivity index (χ3v) is 4.13. The minimum absolute atomic E-state index is 0.644. The number of aromatic nitrogens is 4. The second kappa shape index (κ2) is 6.76. The summed E-state index contributed by atoms with van der Waals surface area (Å²) in [5.41, 5.74) is 3.75. The summed E-state index contributed by atoms with van der Waals surface area (Å²) in [7, 11) is 3.49. The lowest BCUT2D eigenvalue weighted by Crippen LogP contribution is -1.99. The molecule has 128 valence electrons. The largest absolute Gasteiger partial charge is 0.495 e. The van der Waals surface area contributed by atoms with Gasteiger partial charge in [0.15, 0.2) is 5.82 Å². The Kier molecular flexibility index (Phi) is 4.15. The molecule has 0 atom stereocenters. The summed E-state index contributed by atoms with van der Waals surface area (Å²) in [6.45, 7) is 0. The molecule has 0 saturated carbocycles. The fraction of sp³-hybridized carbons (Fsp3) is 0.100. The van der Waals surface area contributed by atoms with Gasteiger partial charge in [0.25, 0.3) is 0 Å². The van der Waals surface area contributed by atoms with Crippen LogP contribution >= 0.6 is 0 Å². The molecule has 26 heavy (non-hydrogen) atoms. The summed E-state index contributed by atoms with van der Waals surface area (Å²) in [6.07, 6.45) is 7.00. The summed E-state index contributed by atoms with van der Waals surface area (Å²) in [6, 6.07) is 11.9. The lowest BCUT2D eigenvalue weighted by atomic mass is 10.0. The minimum Gasteiger partial charge on any atom is -0.495 e. The van der Waals surface area contributed by atoms with E-state index in [1.54, 1.807) is 25.7 Å². The molecule has 0 saturated heterocycles. The van der Waals surface area contributed by atoms with Gasteiger partial charge in [-0.1, -0.05) is 6.07 Å². The molecule has 4 rings (SSSR count). The molecule has 0 radical (unpaired) electrons. The van der Waals surface area contributed by atoms with Gasteiger partial charge in [-0.25, -0.2) is 9.97 Å². The van der Waals surface area contributed by atoms with E-state index in [0.717, 1.165) is 39.2 Å². The molecule has 4 aromatic rings. The number of ether oxygens (including phenoxy) is 1. The summed E-state index contributed by atoms with van der Waals surface area (Å²) in [4.78, 5) is 17.7. The minimum atomic E-state index is 0.644. The second-order valence-electron chi connectivity index (χ2n) is 5.73. The average Bonchev–Trinajstić information content (AvgIpc) is 2.73. The molecule has 0 aliphatic carbocycles. The van der Waals surface area contributed by atoms with E-state index < -0.39 is 0 Å². The molecule has 0 fully saturated rings. The van der Waals surface area contributed by atoms with Crippen LogP contribution in [0.1, 0.15) is 0 Å². The molecule has 3 aromatic heterocycles. The van der Waals surface area contributed by atoms with E-state index in [1.807, 2.05) is 43.6 Å². The van der Waals surface area contributed by atoms with Gasteiger partial charge in [0.1, 0.15) is 11.6 Å². The zero-order valence-corrected chi connectivity index (χ0v) is 14.5. The van der Waals surface area contributed by atoms with E-state index in [0.29, 0.717) is 5.82 Å². The van der Waals surface area contributed by atoms with Gasteiger partial charge in [-0.3, -0.25) is 9.97 Å². The fourth-order valence-corrected chi connectivity index (χ4v) is 2.81. The Morgan fingerprint density at radius 3 is 2.54 bits per heavy atom. The van der Waals surface area contributed by atoms with Crippen molar-refractivity contribution in [2.45, 2.75) is 0 Å². The number of pyridine rings is 2. The number of fused-ring (bicyclic) bond motifs is 1. The number of methoxy groups -OCH3 is 1. The van der Waals surface area contributed by atoms with Crippen LogP contribution in [0, 0.1) is 0 Å². The highest BCUT2D eigenvalue weighted by Crippen LogP contribution is 2.30. The molecule has 0 aliphatic rings. The van der Waals surface area contributed by atoms with Crippen LogP contribution < -0.4 is 10.1 Å². The number of nitrogens with zero attached hydrogens (tertiary/aromatic N) is 4. The van der Waals surface area contributed by atoms with Crippen LogP contribution in [0.2, 0.25) is 0 Å². The number of nitrogens with one attached hydrogen (secondary N) is 1. The van der Waals surface area contributed by atoms with Crippen molar-refractivity contribution in [3.05, 3.63) is 61.2 Å². The quantitative estimate of drug-likeness (QED) is 0.607. The van der Waals surface area contributed by atoms with Crippen LogP contribution in [0.25, 0.3) is 33.4 Å². The smallest absolute Gasteiger partial charge is 0.163 e. The lowest BCUT2D eigenvalue weighted by Gasteiger charge is -2.10. The molecule has 6 heteroatoms. The molecule has 0 spiro atoms. The maximum absolute atomic E-state index is 5.27. The summed E-state index contributed by atoms with van der Waals surface area (Å²) < 4.78 is 5.27. The zero-order valence-electron chi connectivity index (χ0n) is 14.5. The van der Waals surface area contributed by atoms with Crippen molar-refractivity contribution in [3.8, 4) is 28.3 Å². The van der Waals surface area contributed by atoms with Crippen molar-refractivity contribution in [3.63, 3.8) is 0 Å². The van der Waals surface area contributed by atoms with E-state index in [2.05, 4.69) is 26.3 Å². The third-order valence-electron chi connectivity index (χ3n) is 4.13. The first-order valence-electron chi connectivity index (χ1n) is 8.18. The number of hydrogen-bond donors (Lipinski definition) is 1. The number of rotatable bonds is 4. The standard InChI is InChI=1S/C20H17N5O/c1-21-20-17-9-13(15-8-16(26-2)12-23-11-15)5-6-18(17)24-19(25-20)14-4-3-7-22-10-14/h3-12H,1-2H3,(H,21,24,25). The molecular weight excluding hydrogens is 326 g/mol. The van der Waals surface area contributed by atoms with E-state index >= 15 is 0 Å². The zero-order chi connectivity index (χ0) is 17.9. The van der Waals surface area contributed by atoms with Crippen LogP contribution in [0.4, 0.5) is 5.82 Å². The van der Waals surface area contributed by atoms with Gasteiger partial charge < -0.3 is 10.1 Å². The van der Waals surface area contributed by atoms with E-state index in [4.69, 9.17) is 9.72 Å². The second-order valence-corrected chi connectivity index (χ2v) is 5.73. The Hall–Kier alpha value is -3.54. The first kappa shape index (κ1) is 16.0. The Balaban J connectivity index is 1.86. The van der Waals surface area contributed by atoms with Gasteiger partial charge in [-0.2, -0.15) is 0 Å². The maximum atomic E-state index is 5.27. The van der Waals surface area contributed by atoms with Crippen molar-refractivity contribution in [1.82, 2.24) is 19.9 Å². The monoisotopic (exact) mass is 343 g/mol. The van der Waals surface area contributed by atoms with Gasteiger partial charge in [-0.15, -0.1) is 0 Å². The summed E-state index contributed by atoms with van der Waals surface area (Å²) in [5, 5.41) is 4.11. The Bertz CT molecular complexity index is 1070. The lowest BCUT2D eigenvalue weighted by molar-refractivity contribution is 0.413. The highest BCUT2D eigenvalue weighted by Gasteiger charge is 2.10. The van der Waals surface area contributed by atoms with Gasteiger partial charge in [0.2, 0.25) is 0 Å². The van der Waals surface area contributed by atoms with Crippen LogP contribution in [0.5, 0.6) is 5.75 Å². The SMILES string of the molecule is CNc1nc(-c2cccnc2)nc2ccc(-c3cncc(OC)c3)cc12. The molecule has 1 aromatic carbocycles. The van der Waals surface area contributed by atoms with Crippen LogP contribution in [-0.2, 0) is 0 Å². The molecule has 0 aliphatic heterocycles. The van der Waals surface area contributed by atoms with Gasteiger partial charge in [0, 0.05) is 42.2 Å². The maximum Gasteiger partial charge on any atom is 0.163 e. The van der Waals surface area contributed by atoms with Crippen molar-refractivity contribution in [1.29, 1.82) is 0 Å². The average molecular weight is 343 g/mol.